The van der Waals surface area contributed by atoms with Gasteiger partial charge in [-0.3, -0.25) is 0 Å². The van der Waals surface area contributed by atoms with Gasteiger partial charge in [0.15, 0.2) is 5.69 Å². The number of rotatable bonds is 4. The summed E-state index contributed by atoms with van der Waals surface area (Å²) in [5, 5.41) is 8.97. The average molecular weight is 337 g/mol. The highest BCUT2D eigenvalue weighted by atomic mass is 16.4. The summed E-state index contributed by atoms with van der Waals surface area (Å²) < 4.78 is 2.25. The predicted octanol–water partition coefficient (Wildman–Crippen LogP) is 2.50. The van der Waals surface area contributed by atoms with E-state index in [1.807, 2.05) is 25.1 Å². The average Bonchev–Trinajstić information content (AvgIpc) is 3.20. The summed E-state index contributed by atoms with van der Waals surface area (Å²) in [6, 6.07) is 8.45. The van der Waals surface area contributed by atoms with Gasteiger partial charge in [0.05, 0.1) is 23.4 Å². The Bertz CT molecular complexity index is 919. The SMILES string of the molecule is Cc1nc2ccccc2n1CC1CCCN1c1cnc(C(=O)O)cn1. The fraction of sp³-hybridized carbons (Fsp3) is 0.333. The van der Waals surface area contributed by atoms with Crippen LogP contribution in [0.1, 0.15) is 29.2 Å². The molecule has 3 aromatic rings. The number of aryl methyl sites for hydroxylation is 1. The number of carboxylic acids is 1. The summed E-state index contributed by atoms with van der Waals surface area (Å²) in [6.45, 7) is 3.76. The molecule has 0 radical (unpaired) electrons. The van der Waals surface area contributed by atoms with Crippen molar-refractivity contribution >= 4 is 22.8 Å². The van der Waals surface area contributed by atoms with Crippen LogP contribution in [0.15, 0.2) is 36.7 Å². The third-order valence-electron chi connectivity index (χ3n) is 4.77. The van der Waals surface area contributed by atoms with Crippen LogP contribution in [0.25, 0.3) is 11.0 Å². The number of aromatic carboxylic acids is 1. The third-order valence-corrected chi connectivity index (χ3v) is 4.77. The number of aromatic nitrogens is 4. The van der Waals surface area contributed by atoms with E-state index in [2.05, 4.69) is 30.5 Å². The maximum absolute atomic E-state index is 10.9. The Balaban J connectivity index is 1.61. The number of imidazole rings is 1. The first-order valence-electron chi connectivity index (χ1n) is 8.37. The van der Waals surface area contributed by atoms with Gasteiger partial charge in [0, 0.05) is 19.1 Å². The van der Waals surface area contributed by atoms with E-state index in [4.69, 9.17) is 5.11 Å². The van der Waals surface area contributed by atoms with Crippen LogP contribution >= 0.6 is 0 Å². The first kappa shape index (κ1) is 15.6. The van der Waals surface area contributed by atoms with Gasteiger partial charge in [0.1, 0.15) is 11.6 Å². The van der Waals surface area contributed by atoms with Crippen molar-refractivity contribution in [3.63, 3.8) is 0 Å². The van der Waals surface area contributed by atoms with E-state index >= 15 is 0 Å². The molecule has 3 heterocycles. The van der Waals surface area contributed by atoms with Gasteiger partial charge in [0.2, 0.25) is 0 Å². The summed E-state index contributed by atoms with van der Waals surface area (Å²) in [4.78, 5) is 26.1. The van der Waals surface area contributed by atoms with Crippen LogP contribution in [-0.2, 0) is 6.54 Å². The molecule has 25 heavy (non-hydrogen) atoms. The third kappa shape index (κ3) is 2.82. The molecular weight excluding hydrogens is 318 g/mol. The van der Waals surface area contributed by atoms with Crippen LogP contribution in [0.5, 0.6) is 0 Å². The molecule has 1 fully saturated rings. The van der Waals surface area contributed by atoms with Crippen LogP contribution in [0.3, 0.4) is 0 Å². The normalized spacial score (nSPS) is 17.3. The molecule has 1 aliphatic rings. The summed E-state index contributed by atoms with van der Waals surface area (Å²) in [7, 11) is 0. The van der Waals surface area contributed by atoms with Crippen molar-refractivity contribution in [2.45, 2.75) is 32.4 Å². The second-order valence-electron chi connectivity index (χ2n) is 6.31. The Morgan fingerprint density at radius 1 is 1.28 bits per heavy atom. The highest BCUT2D eigenvalue weighted by Crippen LogP contribution is 2.26. The molecule has 2 aromatic heterocycles. The molecule has 7 nitrogen and oxygen atoms in total. The Morgan fingerprint density at radius 2 is 2.12 bits per heavy atom. The first-order chi connectivity index (χ1) is 12.1. The molecule has 1 atom stereocenters. The van der Waals surface area contributed by atoms with Gasteiger partial charge in [-0.2, -0.15) is 0 Å². The van der Waals surface area contributed by atoms with Gasteiger partial charge in [0.25, 0.3) is 0 Å². The van der Waals surface area contributed by atoms with Crippen molar-refractivity contribution in [3.05, 3.63) is 48.2 Å². The molecule has 0 amide bonds. The lowest BCUT2D eigenvalue weighted by molar-refractivity contribution is 0.0690. The molecule has 128 valence electrons. The second-order valence-corrected chi connectivity index (χ2v) is 6.31. The number of anilines is 1. The van der Waals surface area contributed by atoms with Crippen molar-refractivity contribution in [1.82, 2.24) is 19.5 Å². The van der Waals surface area contributed by atoms with E-state index in [1.165, 1.54) is 6.20 Å². The monoisotopic (exact) mass is 337 g/mol. The first-order valence-corrected chi connectivity index (χ1v) is 8.37. The smallest absolute Gasteiger partial charge is 0.356 e. The Labute approximate surface area is 145 Å². The van der Waals surface area contributed by atoms with Crippen molar-refractivity contribution in [3.8, 4) is 0 Å². The molecule has 7 heteroatoms. The van der Waals surface area contributed by atoms with Gasteiger partial charge in [-0.15, -0.1) is 0 Å². The van der Waals surface area contributed by atoms with Crippen LogP contribution < -0.4 is 4.90 Å². The van der Waals surface area contributed by atoms with E-state index in [0.29, 0.717) is 6.04 Å². The van der Waals surface area contributed by atoms with E-state index in [-0.39, 0.29) is 5.69 Å². The lowest BCUT2D eigenvalue weighted by Crippen LogP contribution is -2.34. The fourth-order valence-corrected chi connectivity index (χ4v) is 3.54. The van der Waals surface area contributed by atoms with E-state index < -0.39 is 5.97 Å². The zero-order valence-electron chi connectivity index (χ0n) is 14.0. The number of nitrogens with zero attached hydrogens (tertiary/aromatic N) is 5. The van der Waals surface area contributed by atoms with Gasteiger partial charge >= 0.3 is 5.97 Å². The predicted molar refractivity (Wildman–Crippen MR) is 93.8 cm³/mol. The van der Waals surface area contributed by atoms with Gasteiger partial charge in [-0.1, -0.05) is 12.1 Å². The number of para-hydroxylation sites is 2. The highest BCUT2D eigenvalue weighted by Gasteiger charge is 2.27. The van der Waals surface area contributed by atoms with E-state index in [9.17, 15) is 4.79 Å². The van der Waals surface area contributed by atoms with E-state index in [0.717, 1.165) is 48.6 Å². The number of benzene rings is 1. The number of carboxylic acid groups (broad SMARTS) is 1. The molecular formula is C18H19N5O2. The van der Waals surface area contributed by atoms with Gasteiger partial charge < -0.3 is 14.6 Å². The Morgan fingerprint density at radius 3 is 2.88 bits per heavy atom. The van der Waals surface area contributed by atoms with Crippen LogP contribution in [0.2, 0.25) is 0 Å². The minimum absolute atomic E-state index is 0.0315. The van der Waals surface area contributed by atoms with Gasteiger partial charge in [-0.05, 0) is 31.9 Å². The summed E-state index contributed by atoms with van der Waals surface area (Å²) in [5.74, 6) is 0.674. The van der Waals surface area contributed by atoms with Gasteiger partial charge in [-0.25, -0.2) is 19.7 Å². The lowest BCUT2D eigenvalue weighted by atomic mass is 10.2. The molecule has 0 bridgehead atoms. The van der Waals surface area contributed by atoms with Crippen molar-refractivity contribution in [2.75, 3.05) is 11.4 Å². The zero-order valence-corrected chi connectivity index (χ0v) is 14.0. The minimum atomic E-state index is -1.06. The zero-order chi connectivity index (χ0) is 17.4. The van der Waals surface area contributed by atoms with E-state index in [1.54, 1.807) is 6.20 Å². The molecule has 4 rings (SSSR count). The number of fused-ring (bicyclic) bond motifs is 1. The molecule has 0 saturated carbocycles. The lowest BCUT2D eigenvalue weighted by Gasteiger charge is -2.26. The molecule has 1 aromatic carbocycles. The molecule has 1 N–H and O–H groups in total. The number of carbonyl (C=O) groups is 1. The maximum atomic E-state index is 10.9. The fourth-order valence-electron chi connectivity index (χ4n) is 3.54. The largest absolute Gasteiger partial charge is 0.476 e. The molecule has 1 saturated heterocycles. The second kappa shape index (κ2) is 6.16. The number of hydrogen-bond acceptors (Lipinski definition) is 5. The van der Waals surface area contributed by atoms with Crippen molar-refractivity contribution in [1.29, 1.82) is 0 Å². The summed E-state index contributed by atoms with van der Waals surface area (Å²) in [5.41, 5.74) is 2.12. The maximum Gasteiger partial charge on any atom is 0.356 e. The Kier molecular flexibility index (Phi) is 3.83. The summed E-state index contributed by atoms with van der Waals surface area (Å²) in [6.07, 6.45) is 5.03. The Hall–Kier alpha value is -2.96. The van der Waals surface area contributed by atoms with Crippen molar-refractivity contribution < 1.29 is 9.90 Å². The highest BCUT2D eigenvalue weighted by molar-refractivity contribution is 5.84. The molecule has 0 spiro atoms. The quantitative estimate of drug-likeness (QED) is 0.787. The van der Waals surface area contributed by atoms with Crippen LogP contribution in [-0.4, -0.2) is 43.2 Å². The topological polar surface area (TPSA) is 84.1 Å². The van der Waals surface area contributed by atoms with Crippen LogP contribution in [0.4, 0.5) is 5.82 Å². The molecule has 1 aliphatic heterocycles. The standard InChI is InChI=1S/C18H19N5O2/c1-12-21-14-6-2-3-7-16(14)23(12)11-13-5-4-8-22(13)17-10-19-15(9-20-17)18(24)25/h2-3,6-7,9-10,13H,4-5,8,11H2,1H3,(H,24,25). The summed E-state index contributed by atoms with van der Waals surface area (Å²) >= 11 is 0. The number of hydrogen-bond donors (Lipinski definition) is 1. The van der Waals surface area contributed by atoms with Crippen molar-refractivity contribution in [2.24, 2.45) is 0 Å². The minimum Gasteiger partial charge on any atom is -0.476 e. The van der Waals surface area contributed by atoms with Crippen LogP contribution in [0, 0.1) is 6.92 Å². The molecule has 0 aliphatic carbocycles. The molecule has 1 unspecified atom stereocenters.